The minimum absolute atomic E-state index is 0.825. The second-order valence-electron chi connectivity index (χ2n) is 7.52. The number of fused-ring (bicyclic) bond motifs is 2. The molecule has 0 amide bonds. The molecule has 0 aromatic rings. The number of rotatable bonds is 7. The summed E-state index contributed by atoms with van der Waals surface area (Å²) in [7, 11) is 6.03. The molecule has 35 heavy (non-hydrogen) atoms. The zero-order valence-electron chi connectivity index (χ0n) is 20.0. The first-order valence-electron chi connectivity index (χ1n) is 9.79. The Hall–Kier alpha value is -3.97. The van der Waals surface area contributed by atoms with Gasteiger partial charge in [0.25, 0.3) is 0 Å². The monoisotopic (exact) mass is 500 g/mol. The summed E-state index contributed by atoms with van der Waals surface area (Å²) < 4.78 is 33.6. The molecule has 3 unspecified atom stereocenters. The predicted molar refractivity (Wildman–Crippen MR) is 107 cm³/mol. The van der Waals surface area contributed by atoms with Gasteiger partial charge in [0.15, 0.2) is 5.41 Å². The highest BCUT2D eigenvalue weighted by molar-refractivity contribution is 6.22. The van der Waals surface area contributed by atoms with Crippen LogP contribution in [0.1, 0.15) is 6.42 Å². The lowest BCUT2D eigenvalue weighted by molar-refractivity contribution is -0.196. The van der Waals surface area contributed by atoms with Gasteiger partial charge in [0, 0.05) is 0 Å². The minimum atomic E-state index is -3.09. The van der Waals surface area contributed by atoms with Crippen LogP contribution in [0.3, 0.4) is 0 Å². The van der Waals surface area contributed by atoms with Crippen molar-refractivity contribution in [3.05, 3.63) is 11.1 Å². The van der Waals surface area contributed by atoms with Crippen LogP contribution in [0.15, 0.2) is 11.1 Å². The van der Waals surface area contributed by atoms with E-state index in [-0.39, 0.29) is 0 Å². The summed E-state index contributed by atoms with van der Waals surface area (Å²) in [5.74, 6) is -12.4. The van der Waals surface area contributed by atoms with Gasteiger partial charge in [0.1, 0.15) is 16.7 Å². The Morgan fingerprint density at radius 2 is 1.00 bits per heavy atom. The van der Waals surface area contributed by atoms with Gasteiger partial charge in [0.05, 0.1) is 60.9 Å². The molecule has 0 heterocycles. The lowest BCUT2D eigenvalue weighted by atomic mass is 9.53. The third kappa shape index (κ3) is 2.98. The maximum atomic E-state index is 13.5. The van der Waals surface area contributed by atoms with Crippen LogP contribution in [0.2, 0.25) is 0 Å². The molecule has 1 fully saturated rings. The summed E-state index contributed by atoms with van der Waals surface area (Å²) in [4.78, 5) is 93.2. The average molecular weight is 500 g/mol. The fraction of sp³-hybridized carbons (Fsp3) is 0.571. The van der Waals surface area contributed by atoms with E-state index in [1.54, 1.807) is 0 Å². The predicted octanol–water partition coefficient (Wildman–Crippen LogP) is -1.51. The number of hydrogen-bond acceptors (Lipinski definition) is 14. The summed E-state index contributed by atoms with van der Waals surface area (Å²) in [6.07, 6.45) is -1.00. The van der Waals surface area contributed by atoms with E-state index in [1.807, 2.05) is 0 Å². The Morgan fingerprint density at radius 1 is 0.571 bits per heavy atom. The molecule has 192 valence electrons. The number of hydrogen-bond donors (Lipinski definition) is 0. The Labute approximate surface area is 198 Å². The molecule has 2 bridgehead atoms. The molecular formula is C21H24O14. The third-order valence-electron chi connectivity index (χ3n) is 6.58. The first-order valence-corrected chi connectivity index (χ1v) is 9.79. The summed E-state index contributed by atoms with van der Waals surface area (Å²) >= 11 is 0. The van der Waals surface area contributed by atoms with Crippen molar-refractivity contribution < 1.29 is 66.7 Å². The molecule has 0 aromatic carbocycles. The van der Waals surface area contributed by atoms with Crippen molar-refractivity contribution in [3.8, 4) is 0 Å². The fourth-order valence-electron chi connectivity index (χ4n) is 5.46. The lowest BCUT2D eigenvalue weighted by Gasteiger charge is -2.45. The molecule has 2 rings (SSSR count). The normalized spacial score (nSPS) is 25.7. The number of carbonyl (C=O) groups excluding carboxylic acids is 7. The van der Waals surface area contributed by atoms with E-state index < -0.39 is 81.5 Å². The van der Waals surface area contributed by atoms with Gasteiger partial charge in [-0.15, -0.1) is 0 Å². The Bertz CT molecular complexity index is 1020. The first-order chi connectivity index (χ1) is 16.4. The second-order valence-corrected chi connectivity index (χ2v) is 7.52. The topological polar surface area (TPSA) is 184 Å². The van der Waals surface area contributed by atoms with Crippen molar-refractivity contribution >= 4 is 41.8 Å². The van der Waals surface area contributed by atoms with Crippen LogP contribution in [0.5, 0.6) is 0 Å². The van der Waals surface area contributed by atoms with Crippen LogP contribution in [0.25, 0.3) is 0 Å². The molecule has 2 aliphatic rings. The van der Waals surface area contributed by atoms with E-state index in [2.05, 4.69) is 0 Å². The maximum absolute atomic E-state index is 13.5. The number of carbonyl (C=O) groups is 7. The second kappa shape index (κ2) is 9.35. The van der Waals surface area contributed by atoms with Gasteiger partial charge in [0.2, 0.25) is 0 Å². The van der Waals surface area contributed by atoms with E-state index >= 15 is 0 Å². The number of methoxy groups -OCH3 is 7. The van der Waals surface area contributed by atoms with Gasteiger partial charge in [-0.25, -0.2) is 9.59 Å². The average Bonchev–Trinajstić information content (AvgIpc) is 3.36. The molecule has 0 aromatic heterocycles. The van der Waals surface area contributed by atoms with Crippen molar-refractivity contribution in [2.45, 2.75) is 6.42 Å². The quantitative estimate of drug-likeness (QED) is 0.223. The smallest absolute Gasteiger partial charge is 0.335 e. The van der Waals surface area contributed by atoms with E-state index in [0.717, 1.165) is 49.8 Å². The van der Waals surface area contributed by atoms with Gasteiger partial charge in [-0.1, -0.05) is 0 Å². The van der Waals surface area contributed by atoms with E-state index in [4.69, 9.17) is 33.2 Å². The summed E-state index contributed by atoms with van der Waals surface area (Å²) in [6, 6.07) is 0. The van der Waals surface area contributed by atoms with Gasteiger partial charge < -0.3 is 33.2 Å². The molecule has 0 aliphatic heterocycles. The summed E-state index contributed by atoms with van der Waals surface area (Å²) in [5, 5.41) is 0. The van der Waals surface area contributed by atoms with Crippen LogP contribution in [-0.2, 0) is 66.7 Å². The zero-order valence-corrected chi connectivity index (χ0v) is 20.0. The Morgan fingerprint density at radius 3 is 1.37 bits per heavy atom. The van der Waals surface area contributed by atoms with E-state index in [1.165, 1.54) is 0 Å². The summed E-state index contributed by atoms with van der Waals surface area (Å²) in [5.41, 5.74) is -10.4. The molecule has 1 saturated carbocycles. The molecule has 0 saturated heterocycles. The van der Waals surface area contributed by atoms with Crippen molar-refractivity contribution in [2.24, 2.45) is 22.2 Å². The van der Waals surface area contributed by atoms with Crippen LogP contribution >= 0.6 is 0 Å². The fourth-order valence-corrected chi connectivity index (χ4v) is 5.46. The van der Waals surface area contributed by atoms with Crippen LogP contribution in [-0.4, -0.2) is 91.6 Å². The largest absolute Gasteiger partial charge is 0.469 e. The van der Waals surface area contributed by atoms with Crippen LogP contribution < -0.4 is 0 Å². The minimum Gasteiger partial charge on any atom is -0.469 e. The molecule has 0 radical (unpaired) electrons. The highest BCUT2D eigenvalue weighted by Crippen LogP contribution is 2.76. The zero-order chi connectivity index (χ0) is 26.9. The van der Waals surface area contributed by atoms with Gasteiger partial charge in [-0.05, 0) is 6.42 Å². The highest BCUT2D eigenvalue weighted by Gasteiger charge is 2.91. The summed E-state index contributed by atoms with van der Waals surface area (Å²) in [6.45, 7) is 0. The Kier molecular flexibility index (Phi) is 7.29. The van der Waals surface area contributed by atoms with Gasteiger partial charge in [-0.3, -0.25) is 24.0 Å². The molecule has 0 spiro atoms. The Balaban J connectivity index is 3.43. The first kappa shape index (κ1) is 27.3. The van der Waals surface area contributed by atoms with Crippen molar-refractivity contribution in [1.82, 2.24) is 0 Å². The molecule has 14 heteroatoms. The molecule has 3 atom stereocenters. The molecular weight excluding hydrogens is 476 g/mol. The van der Waals surface area contributed by atoms with Crippen molar-refractivity contribution in [2.75, 3.05) is 49.8 Å². The van der Waals surface area contributed by atoms with Crippen LogP contribution in [0.4, 0.5) is 0 Å². The maximum Gasteiger partial charge on any atom is 0.335 e. The van der Waals surface area contributed by atoms with Gasteiger partial charge in [-0.2, -0.15) is 0 Å². The van der Waals surface area contributed by atoms with E-state index in [0.29, 0.717) is 0 Å². The molecule has 14 nitrogen and oxygen atoms in total. The van der Waals surface area contributed by atoms with Crippen molar-refractivity contribution in [3.63, 3.8) is 0 Å². The number of ether oxygens (including phenoxy) is 7. The van der Waals surface area contributed by atoms with Gasteiger partial charge >= 0.3 is 41.8 Å². The SMILES string of the molecule is COC(=O)C1=C(C(=O)OC)C2(C(=O)OC)CC1(C(=O)OC)C(C(=O)OC)C2(C(=O)OC)C(=O)OC. The highest BCUT2D eigenvalue weighted by atomic mass is 16.6. The standard InChI is InChI=1S/C21H24O14/c1-29-12(22)9-10(13(23)30-2)20(16(26)33-5)8-19(9,15(25)32-4)11(14(24)31-3)21(20,17(27)34-6)18(28)35-7/h11H,8H2,1-7H3. The van der Waals surface area contributed by atoms with Crippen molar-refractivity contribution in [1.29, 1.82) is 0 Å². The third-order valence-corrected chi connectivity index (χ3v) is 6.58. The lowest BCUT2D eigenvalue weighted by Crippen LogP contribution is -2.64. The number of esters is 7. The van der Waals surface area contributed by atoms with E-state index in [9.17, 15) is 33.6 Å². The van der Waals surface area contributed by atoms with Crippen LogP contribution in [0, 0.1) is 22.2 Å². The molecule has 0 N–H and O–H groups in total. The molecule has 2 aliphatic carbocycles.